The SMILES string of the molecule is FC(F)(F)C1CCCC(c2cnc(CCNC3CC3)o2)C1. The summed E-state index contributed by atoms with van der Waals surface area (Å²) in [5, 5.41) is 3.37. The van der Waals surface area contributed by atoms with Gasteiger partial charge in [0.05, 0.1) is 12.1 Å². The summed E-state index contributed by atoms with van der Waals surface area (Å²) in [4.78, 5) is 4.21. The number of halogens is 3. The molecule has 118 valence electrons. The highest BCUT2D eigenvalue weighted by Gasteiger charge is 2.43. The Bertz CT molecular complexity index is 468. The highest BCUT2D eigenvalue weighted by molar-refractivity contribution is 5.04. The molecular weight excluding hydrogens is 281 g/mol. The van der Waals surface area contributed by atoms with E-state index in [4.69, 9.17) is 4.42 Å². The van der Waals surface area contributed by atoms with E-state index in [2.05, 4.69) is 10.3 Å². The molecule has 0 bridgehead atoms. The second kappa shape index (κ2) is 5.99. The third-order valence-electron chi connectivity index (χ3n) is 4.46. The molecule has 0 spiro atoms. The quantitative estimate of drug-likeness (QED) is 0.899. The van der Waals surface area contributed by atoms with E-state index in [1.54, 1.807) is 6.20 Å². The van der Waals surface area contributed by atoms with Crippen LogP contribution in [0.2, 0.25) is 0 Å². The molecule has 2 atom stereocenters. The summed E-state index contributed by atoms with van der Waals surface area (Å²) < 4.78 is 44.2. The second-order valence-corrected chi connectivity index (χ2v) is 6.24. The average molecular weight is 302 g/mol. The van der Waals surface area contributed by atoms with E-state index in [1.807, 2.05) is 0 Å². The maximum atomic E-state index is 12.8. The molecule has 0 radical (unpaired) electrons. The lowest BCUT2D eigenvalue weighted by Crippen LogP contribution is -2.27. The Hall–Kier alpha value is -1.04. The third-order valence-corrected chi connectivity index (χ3v) is 4.46. The van der Waals surface area contributed by atoms with Gasteiger partial charge in [0, 0.05) is 24.9 Å². The zero-order chi connectivity index (χ0) is 14.9. The van der Waals surface area contributed by atoms with Crippen LogP contribution in [0.5, 0.6) is 0 Å². The molecule has 0 aromatic carbocycles. The van der Waals surface area contributed by atoms with Crippen molar-refractivity contribution in [3.05, 3.63) is 17.8 Å². The Morgan fingerprint density at radius 3 is 2.76 bits per heavy atom. The second-order valence-electron chi connectivity index (χ2n) is 6.24. The van der Waals surface area contributed by atoms with Crippen molar-refractivity contribution >= 4 is 0 Å². The molecular formula is C15H21F3N2O. The van der Waals surface area contributed by atoms with Crippen molar-refractivity contribution < 1.29 is 17.6 Å². The van der Waals surface area contributed by atoms with E-state index < -0.39 is 12.1 Å². The van der Waals surface area contributed by atoms with E-state index in [0.29, 0.717) is 30.5 Å². The van der Waals surface area contributed by atoms with Gasteiger partial charge < -0.3 is 9.73 Å². The van der Waals surface area contributed by atoms with Gasteiger partial charge in [0.15, 0.2) is 5.89 Å². The van der Waals surface area contributed by atoms with Gasteiger partial charge in [0.1, 0.15) is 5.76 Å². The van der Waals surface area contributed by atoms with Crippen LogP contribution in [0.4, 0.5) is 13.2 Å². The molecule has 2 aliphatic carbocycles. The molecule has 21 heavy (non-hydrogen) atoms. The van der Waals surface area contributed by atoms with Crippen molar-refractivity contribution in [3.8, 4) is 0 Å². The maximum Gasteiger partial charge on any atom is 0.391 e. The van der Waals surface area contributed by atoms with E-state index in [9.17, 15) is 13.2 Å². The van der Waals surface area contributed by atoms with Crippen LogP contribution in [-0.2, 0) is 6.42 Å². The first-order chi connectivity index (χ1) is 10.0. The van der Waals surface area contributed by atoms with Crippen LogP contribution in [0.15, 0.2) is 10.6 Å². The molecule has 0 amide bonds. The molecule has 2 aliphatic rings. The summed E-state index contributed by atoms with van der Waals surface area (Å²) in [5.41, 5.74) is 0. The summed E-state index contributed by atoms with van der Waals surface area (Å²) >= 11 is 0. The van der Waals surface area contributed by atoms with Crippen LogP contribution in [0.1, 0.15) is 56.1 Å². The molecule has 6 heteroatoms. The zero-order valence-electron chi connectivity index (χ0n) is 12.0. The fourth-order valence-corrected chi connectivity index (χ4v) is 3.04. The molecule has 0 saturated heterocycles. The number of rotatable bonds is 5. The van der Waals surface area contributed by atoms with Crippen LogP contribution in [0.25, 0.3) is 0 Å². The first kappa shape index (κ1) is 14.9. The first-order valence-corrected chi connectivity index (χ1v) is 7.77. The van der Waals surface area contributed by atoms with Crippen LogP contribution < -0.4 is 5.32 Å². The van der Waals surface area contributed by atoms with Gasteiger partial charge >= 0.3 is 6.18 Å². The van der Waals surface area contributed by atoms with Crippen LogP contribution in [0.3, 0.4) is 0 Å². The Labute approximate surface area is 122 Å². The minimum atomic E-state index is -4.09. The Morgan fingerprint density at radius 2 is 2.05 bits per heavy atom. The van der Waals surface area contributed by atoms with E-state index in [1.165, 1.54) is 12.8 Å². The minimum absolute atomic E-state index is 0.136. The van der Waals surface area contributed by atoms with Crippen molar-refractivity contribution in [1.29, 1.82) is 0 Å². The topological polar surface area (TPSA) is 38.1 Å². The van der Waals surface area contributed by atoms with Crippen LogP contribution >= 0.6 is 0 Å². The number of nitrogens with zero attached hydrogens (tertiary/aromatic N) is 1. The first-order valence-electron chi connectivity index (χ1n) is 7.77. The third kappa shape index (κ3) is 3.99. The van der Waals surface area contributed by atoms with E-state index in [0.717, 1.165) is 13.0 Å². The monoisotopic (exact) mass is 302 g/mol. The molecule has 1 N–H and O–H groups in total. The average Bonchev–Trinajstić information content (AvgIpc) is 3.14. The normalized spacial score (nSPS) is 27.0. The molecule has 2 saturated carbocycles. The number of nitrogens with one attached hydrogen (secondary N) is 1. The van der Waals surface area contributed by atoms with Crippen LogP contribution in [-0.4, -0.2) is 23.7 Å². The summed E-state index contributed by atoms with van der Waals surface area (Å²) in [7, 11) is 0. The largest absolute Gasteiger partial charge is 0.445 e. The Morgan fingerprint density at radius 1 is 1.24 bits per heavy atom. The van der Waals surface area contributed by atoms with Crippen molar-refractivity contribution in [2.75, 3.05) is 6.54 Å². The fraction of sp³-hybridized carbons (Fsp3) is 0.800. The van der Waals surface area contributed by atoms with Crippen molar-refractivity contribution in [1.82, 2.24) is 10.3 Å². The summed E-state index contributed by atoms with van der Waals surface area (Å²) in [6, 6.07) is 0.644. The molecule has 3 rings (SSSR count). The highest BCUT2D eigenvalue weighted by atomic mass is 19.4. The van der Waals surface area contributed by atoms with Crippen molar-refractivity contribution in [2.45, 2.75) is 63.1 Å². The van der Waals surface area contributed by atoms with Crippen molar-refractivity contribution in [2.24, 2.45) is 5.92 Å². The van der Waals surface area contributed by atoms with Gasteiger partial charge in [0.25, 0.3) is 0 Å². The lowest BCUT2D eigenvalue weighted by molar-refractivity contribution is -0.183. The van der Waals surface area contributed by atoms with Gasteiger partial charge in [-0.3, -0.25) is 0 Å². The molecule has 2 fully saturated rings. The van der Waals surface area contributed by atoms with Gasteiger partial charge in [-0.1, -0.05) is 6.42 Å². The summed E-state index contributed by atoms with van der Waals surface area (Å²) in [5.74, 6) is -0.0676. The Kier molecular flexibility index (Phi) is 4.24. The lowest BCUT2D eigenvalue weighted by Gasteiger charge is -2.29. The number of hydrogen-bond acceptors (Lipinski definition) is 3. The number of hydrogen-bond donors (Lipinski definition) is 1. The van der Waals surface area contributed by atoms with Gasteiger partial charge in [0.2, 0.25) is 0 Å². The van der Waals surface area contributed by atoms with E-state index >= 15 is 0 Å². The molecule has 1 aromatic rings. The smallest absolute Gasteiger partial charge is 0.391 e. The predicted molar refractivity (Wildman–Crippen MR) is 72.0 cm³/mol. The summed E-state index contributed by atoms with van der Waals surface area (Å²) in [6.07, 6.45) is 2.45. The fourth-order valence-electron chi connectivity index (χ4n) is 3.04. The zero-order valence-corrected chi connectivity index (χ0v) is 12.0. The predicted octanol–water partition coefficient (Wildman–Crippen LogP) is 3.81. The van der Waals surface area contributed by atoms with Gasteiger partial charge in [-0.15, -0.1) is 0 Å². The lowest BCUT2D eigenvalue weighted by atomic mass is 9.80. The molecule has 1 heterocycles. The van der Waals surface area contributed by atoms with Gasteiger partial charge in [-0.05, 0) is 32.1 Å². The Balaban J connectivity index is 1.54. The molecule has 2 unspecified atom stereocenters. The molecule has 1 aromatic heterocycles. The van der Waals surface area contributed by atoms with E-state index in [-0.39, 0.29) is 18.8 Å². The molecule has 3 nitrogen and oxygen atoms in total. The van der Waals surface area contributed by atoms with Gasteiger partial charge in [-0.25, -0.2) is 4.98 Å². The maximum absolute atomic E-state index is 12.8. The number of oxazole rings is 1. The number of aromatic nitrogens is 1. The minimum Gasteiger partial charge on any atom is -0.445 e. The van der Waals surface area contributed by atoms with Crippen LogP contribution in [0, 0.1) is 5.92 Å². The highest BCUT2D eigenvalue weighted by Crippen LogP contribution is 2.43. The van der Waals surface area contributed by atoms with Crippen molar-refractivity contribution in [3.63, 3.8) is 0 Å². The standard InChI is InChI=1S/C15H21F3N2O/c16-15(17,18)11-3-1-2-10(8-11)13-9-20-14(21-13)6-7-19-12-4-5-12/h9-12,19H,1-8H2. The molecule has 0 aliphatic heterocycles. The number of alkyl halides is 3. The van der Waals surface area contributed by atoms with Gasteiger partial charge in [-0.2, -0.15) is 13.2 Å². The summed E-state index contributed by atoms with van der Waals surface area (Å²) in [6.45, 7) is 0.820.